The zero-order valence-electron chi connectivity index (χ0n) is 9.94. The van der Waals surface area contributed by atoms with Crippen molar-refractivity contribution in [1.82, 2.24) is 0 Å². The molecule has 0 bridgehead atoms. The molecule has 1 aromatic carbocycles. The summed E-state index contributed by atoms with van der Waals surface area (Å²) in [6.45, 7) is 0. The summed E-state index contributed by atoms with van der Waals surface area (Å²) in [6, 6.07) is 7.67. The van der Waals surface area contributed by atoms with Gasteiger partial charge in [-0.15, -0.1) is 22.9 Å². The molecule has 1 aromatic heterocycles. The number of methoxy groups -OCH3 is 2. The highest BCUT2D eigenvalue weighted by Crippen LogP contribution is 2.39. The second-order valence-corrected chi connectivity index (χ2v) is 5.88. The lowest BCUT2D eigenvalue weighted by atomic mass is 10.1. The van der Waals surface area contributed by atoms with Gasteiger partial charge in [0.1, 0.15) is 11.5 Å². The van der Waals surface area contributed by atoms with Crippen LogP contribution < -0.4 is 9.47 Å². The molecule has 18 heavy (non-hydrogen) atoms. The van der Waals surface area contributed by atoms with Crippen molar-refractivity contribution in [2.75, 3.05) is 14.2 Å². The van der Waals surface area contributed by atoms with E-state index >= 15 is 0 Å². The molecule has 1 heterocycles. The van der Waals surface area contributed by atoms with Gasteiger partial charge in [-0.1, -0.05) is 0 Å². The fourth-order valence-electron chi connectivity index (χ4n) is 1.61. The SMILES string of the molecule is COc1cc(OC)cc(C(Cl)c2sccc2Br)c1. The Balaban J connectivity index is 2.41. The maximum atomic E-state index is 6.51. The number of rotatable bonds is 4. The average Bonchev–Trinajstić information content (AvgIpc) is 2.83. The predicted octanol–water partition coefficient (Wildman–Crippen LogP) is 4.86. The monoisotopic (exact) mass is 346 g/mol. The quantitative estimate of drug-likeness (QED) is 0.736. The van der Waals surface area contributed by atoms with Gasteiger partial charge in [0.2, 0.25) is 0 Å². The van der Waals surface area contributed by atoms with Crippen molar-refractivity contribution in [2.24, 2.45) is 0 Å². The van der Waals surface area contributed by atoms with Gasteiger partial charge in [0.25, 0.3) is 0 Å². The molecule has 0 radical (unpaired) electrons. The fraction of sp³-hybridized carbons (Fsp3) is 0.231. The van der Waals surface area contributed by atoms with Crippen LogP contribution in [0.1, 0.15) is 15.8 Å². The van der Waals surface area contributed by atoms with Crippen molar-refractivity contribution in [3.8, 4) is 11.5 Å². The number of benzene rings is 1. The van der Waals surface area contributed by atoms with Crippen LogP contribution in [0, 0.1) is 0 Å². The molecule has 5 heteroatoms. The van der Waals surface area contributed by atoms with E-state index in [9.17, 15) is 0 Å². The largest absolute Gasteiger partial charge is 0.497 e. The van der Waals surface area contributed by atoms with E-state index in [4.69, 9.17) is 21.1 Å². The molecule has 2 rings (SSSR count). The standard InChI is InChI=1S/C13H12BrClO2S/c1-16-9-5-8(6-10(7-9)17-2)12(15)13-11(14)3-4-18-13/h3-7,12H,1-2H3. The van der Waals surface area contributed by atoms with Crippen LogP contribution in [0.25, 0.3) is 0 Å². The number of hydrogen-bond acceptors (Lipinski definition) is 3. The Morgan fingerprint density at radius 2 is 1.78 bits per heavy atom. The third-order valence-corrected chi connectivity index (χ3v) is 5.08. The Bertz CT molecular complexity index is 519. The molecule has 1 atom stereocenters. The number of ether oxygens (including phenoxy) is 2. The van der Waals surface area contributed by atoms with Crippen LogP contribution in [0.4, 0.5) is 0 Å². The number of alkyl halides is 1. The van der Waals surface area contributed by atoms with Gasteiger partial charge in [-0.05, 0) is 45.1 Å². The van der Waals surface area contributed by atoms with Gasteiger partial charge in [-0.25, -0.2) is 0 Å². The van der Waals surface area contributed by atoms with Crippen LogP contribution in [0.3, 0.4) is 0 Å². The zero-order valence-corrected chi connectivity index (χ0v) is 13.1. The summed E-state index contributed by atoms with van der Waals surface area (Å²) in [4.78, 5) is 1.08. The highest BCUT2D eigenvalue weighted by molar-refractivity contribution is 9.10. The number of hydrogen-bond donors (Lipinski definition) is 0. The maximum Gasteiger partial charge on any atom is 0.122 e. The maximum absolute atomic E-state index is 6.51. The minimum absolute atomic E-state index is 0.219. The Kier molecular flexibility index (Phi) is 4.54. The molecule has 2 aromatic rings. The summed E-state index contributed by atoms with van der Waals surface area (Å²) in [7, 11) is 3.26. The van der Waals surface area contributed by atoms with Gasteiger partial charge in [0.15, 0.2) is 0 Å². The van der Waals surface area contributed by atoms with Crippen LogP contribution >= 0.6 is 38.9 Å². The summed E-state index contributed by atoms with van der Waals surface area (Å²) < 4.78 is 11.5. The zero-order chi connectivity index (χ0) is 13.1. The first-order valence-electron chi connectivity index (χ1n) is 5.25. The van der Waals surface area contributed by atoms with E-state index in [0.717, 1.165) is 26.4 Å². The van der Waals surface area contributed by atoms with Crippen molar-refractivity contribution in [2.45, 2.75) is 5.38 Å². The first-order chi connectivity index (χ1) is 8.65. The number of halogens is 2. The second-order valence-electron chi connectivity index (χ2n) is 3.64. The molecule has 0 N–H and O–H groups in total. The normalized spacial score (nSPS) is 12.2. The van der Waals surface area contributed by atoms with Gasteiger partial charge in [0.05, 0.1) is 19.6 Å². The Morgan fingerprint density at radius 1 is 1.17 bits per heavy atom. The van der Waals surface area contributed by atoms with Crippen molar-refractivity contribution in [3.63, 3.8) is 0 Å². The van der Waals surface area contributed by atoms with Gasteiger partial charge in [0, 0.05) is 15.4 Å². The predicted molar refractivity (Wildman–Crippen MR) is 79.3 cm³/mol. The van der Waals surface area contributed by atoms with E-state index in [0.29, 0.717) is 0 Å². The molecule has 0 aliphatic carbocycles. The molecule has 2 nitrogen and oxygen atoms in total. The van der Waals surface area contributed by atoms with E-state index in [2.05, 4.69) is 15.9 Å². The van der Waals surface area contributed by atoms with E-state index in [1.165, 1.54) is 0 Å². The third kappa shape index (κ3) is 2.82. The molecular formula is C13H12BrClO2S. The number of thiophene rings is 1. The topological polar surface area (TPSA) is 18.5 Å². The van der Waals surface area contributed by atoms with Crippen molar-refractivity contribution >= 4 is 38.9 Å². The van der Waals surface area contributed by atoms with Crippen molar-refractivity contribution in [3.05, 3.63) is 44.6 Å². The molecular weight excluding hydrogens is 336 g/mol. The molecule has 0 saturated heterocycles. The van der Waals surface area contributed by atoms with Crippen LogP contribution in [0.5, 0.6) is 11.5 Å². The van der Waals surface area contributed by atoms with Gasteiger partial charge < -0.3 is 9.47 Å². The molecule has 0 fully saturated rings. The summed E-state index contributed by atoms with van der Waals surface area (Å²) in [5.41, 5.74) is 0.955. The van der Waals surface area contributed by atoms with Crippen LogP contribution in [-0.4, -0.2) is 14.2 Å². The first-order valence-corrected chi connectivity index (χ1v) is 7.36. The van der Waals surface area contributed by atoms with E-state index < -0.39 is 0 Å². The van der Waals surface area contributed by atoms with Gasteiger partial charge in [-0.2, -0.15) is 0 Å². The molecule has 0 spiro atoms. The van der Waals surface area contributed by atoms with Gasteiger partial charge in [-0.3, -0.25) is 0 Å². The second kappa shape index (κ2) is 5.95. The van der Waals surface area contributed by atoms with Gasteiger partial charge >= 0.3 is 0 Å². The fourth-order valence-corrected chi connectivity index (χ4v) is 3.75. The lowest BCUT2D eigenvalue weighted by molar-refractivity contribution is 0.393. The highest BCUT2D eigenvalue weighted by atomic mass is 79.9. The minimum Gasteiger partial charge on any atom is -0.497 e. The Morgan fingerprint density at radius 3 is 2.22 bits per heavy atom. The summed E-state index contributed by atoms with van der Waals surface area (Å²) >= 11 is 11.6. The van der Waals surface area contributed by atoms with Crippen molar-refractivity contribution < 1.29 is 9.47 Å². The van der Waals surface area contributed by atoms with E-state index in [1.807, 2.05) is 29.6 Å². The van der Waals surface area contributed by atoms with Crippen LogP contribution in [0.15, 0.2) is 34.1 Å². The van der Waals surface area contributed by atoms with Crippen molar-refractivity contribution in [1.29, 1.82) is 0 Å². The lowest BCUT2D eigenvalue weighted by Crippen LogP contribution is -1.95. The highest BCUT2D eigenvalue weighted by Gasteiger charge is 2.17. The average molecular weight is 348 g/mol. The van der Waals surface area contributed by atoms with E-state index in [-0.39, 0.29) is 5.38 Å². The van der Waals surface area contributed by atoms with Crippen LogP contribution in [-0.2, 0) is 0 Å². The smallest absolute Gasteiger partial charge is 0.122 e. The van der Waals surface area contributed by atoms with E-state index in [1.54, 1.807) is 25.6 Å². The molecule has 0 aliphatic heterocycles. The molecule has 1 unspecified atom stereocenters. The summed E-state index contributed by atoms with van der Waals surface area (Å²) in [6.07, 6.45) is 0. The molecule has 0 aliphatic rings. The molecule has 96 valence electrons. The minimum atomic E-state index is -0.219. The molecule has 0 saturated carbocycles. The first kappa shape index (κ1) is 13.7. The van der Waals surface area contributed by atoms with Crippen LogP contribution in [0.2, 0.25) is 0 Å². The summed E-state index contributed by atoms with van der Waals surface area (Å²) in [5.74, 6) is 1.48. The lowest BCUT2D eigenvalue weighted by Gasteiger charge is -2.12. The Labute approximate surface area is 124 Å². The Hall–Kier alpha value is -0.710. The molecule has 0 amide bonds. The summed E-state index contributed by atoms with van der Waals surface area (Å²) in [5, 5.41) is 1.79. The third-order valence-electron chi connectivity index (χ3n) is 2.54.